The first-order valence-electron chi connectivity index (χ1n) is 6.77. The summed E-state index contributed by atoms with van der Waals surface area (Å²) < 4.78 is 13.5. The van der Waals surface area contributed by atoms with E-state index < -0.39 is 0 Å². The van der Waals surface area contributed by atoms with Crippen molar-refractivity contribution in [2.45, 2.75) is 51.6 Å². The van der Waals surface area contributed by atoms with Crippen molar-refractivity contribution in [2.24, 2.45) is 0 Å². The number of hydrogen-bond donors (Lipinski definition) is 2. The van der Waals surface area contributed by atoms with Crippen LogP contribution in [0.1, 0.15) is 38.7 Å². The normalized spacial score (nSPS) is 14.4. The predicted octanol–water partition coefficient (Wildman–Crippen LogP) is 2.90. The molecular formula is C15H24FNO. The van der Waals surface area contributed by atoms with Crippen LogP contribution in [0.2, 0.25) is 0 Å². The zero-order valence-corrected chi connectivity index (χ0v) is 11.3. The lowest BCUT2D eigenvalue weighted by molar-refractivity contribution is 0.223. The Bertz CT molecular complexity index is 343. The minimum atomic E-state index is -0.153. The number of aliphatic hydroxyl groups is 1. The molecule has 0 heterocycles. The van der Waals surface area contributed by atoms with Gasteiger partial charge in [0.25, 0.3) is 0 Å². The summed E-state index contributed by atoms with van der Waals surface area (Å²) in [6.45, 7) is 4.31. The molecule has 0 unspecified atom stereocenters. The summed E-state index contributed by atoms with van der Waals surface area (Å²) in [4.78, 5) is 0. The van der Waals surface area contributed by atoms with Crippen LogP contribution in [0.25, 0.3) is 0 Å². The van der Waals surface area contributed by atoms with E-state index in [1.165, 1.54) is 6.07 Å². The fourth-order valence-electron chi connectivity index (χ4n) is 2.13. The molecule has 1 rings (SSSR count). The predicted molar refractivity (Wildman–Crippen MR) is 73.1 cm³/mol. The van der Waals surface area contributed by atoms with Gasteiger partial charge in [-0.1, -0.05) is 38.0 Å². The first kappa shape index (κ1) is 15.1. The minimum Gasteiger partial charge on any atom is -0.395 e. The third kappa shape index (κ3) is 5.15. The molecule has 0 saturated carbocycles. The van der Waals surface area contributed by atoms with E-state index >= 15 is 0 Å². The molecular weight excluding hydrogens is 229 g/mol. The highest BCUT2D eigenvalue weighted by atomic mass is 19.1. The maximum atomic E-state index is 13.5. The average molecular weight is 253 g/mol. The summed E-state index contributed by atoms with van der Waals surface area (Å²) in [6.07, 6.45) is 3.84. The van der Waals surface area contributed by atoms with Gasteiger partial charge in [0.1, 0.15) is 5.82 Å². The Morgan fingerprint density at radius 2 is 2.06 bits per heavy atom. The molecule has 1 aromatic carbocycles. The van der Waals surface area contributed by atoms with Gasteiger partial charge in [-0.25, -0.2) is 4.39 Å². The van der Waals surface area contributed by atoms with Crippen molar-refractivity contribution in [3.63, 3.8) is 0 Å². The van der Waals surface area contributed by atoms with Crippen molar-refractivity contribution in [2.75, 3.05) is 6.61 Å². The molecule has 0 aliphatic carbocycles. The summed E-state index contributed by atoms with van der Waals surface area (Å²) in [5.74, 6) is -0.153. The second-order valence-electron chi connectivity index (χ2n) is 4.88. The van der Waals surface area contributed by atoms with E-state index in [4.69, 9.17) is 0 Å². The van der Waals surface area contributed by atoms with Crippen LogP contribution in [0.5, 0.6) is 0 Å². The maximum Gasteiger partial charge on any atom is 0.126 e. The number of rotatable bonds is 8. The van der Waals surface area contributed by atoms with Gasteiger partial charge in [0, 0.05) is 12.1 Å². The lowest BCUT2D eigenvalue weighted by Crippen LogP contribution is -2.40. The van der Waals surface area contributed by atoms with Gasteiger partial charge in [-0.05, 0) is 31.4 Å². The summed E-state index contributed by atoms with van der Waals surface area (Å²) in [6, 6.07) is 7.14. The van der Waals surface area contributed by atoms with Gasteiger partial charge in [-0.3, -0.25) is 0 Å². The summed E-state index contributed by atoms with van der Waals surface area (Å²) in [5.41, 5.74) is 0.727. The van der Waals surface area contributed by atoms with Crippen LogP contribution >= 0.6 is 0 Å². The molecule has 0 radical (unpaired) electrons. The third-order valence-corrected chi connectivity index (χ3v) is 3.13. The van der Waals surface area contributed by atoms with E-state index in [9.17, 15) is 9.50 Å². The molecule has 1 aromatic rings. The molecule has 0 amide bonds. The number of unbranched alkanes of at least 4 members (excludes halogenated alkanes) is 1. The van der Waals surface area contributed by atoms with E-state index in [1.807, 2.05) is 19.1 Å². The van der Waals surface area contributed by atoms with Gasteiger partial charge in [-0.2, -0.15) is 0 Å². The van der Waals surface area contributed by atoms with Gasteiger partial charge in [0.15, 0.2) is 0 Å². The van der Waals surface area contributed by atoms with Crippen LogP contribution in [0, 0.1) is 5.82 Å². The molecule has 0 spiro atoms. The minimum absolute atomic E-state index is 0.117. The fraction of sp³-hybridized carbons (Fsp3) is 0.600. The van der Waals surface area contributed by atoms with E-state index in [1.54, 1.807) is 6.07 Å². The highest BCUT2D eigenvalue weighted by Crippen LogP contribution is 2.10. The van der Waals surface area contributed by atoms with Crippen molar-refractivity contribution in [3.8, 4) is 0 Å². The Morgan fingerprint density at radius 3 is 2.67 bits per heavy atom. The topological polar surface area (TPSA) is 32.3 Å². The van der Waals surface area contributed by atoms with Crippen LogP contribution in [-0.4, -0.2) is 23.8 Å². The SMILES string of the molecule is CCCC[C@H](CO)N[C@H](C)Cc1ccccc1F. The van der Waals surface area contributed by atoms with Crippen molar-refractivity contribution < 1.29 is 9.50 Å². The fourth-order valence-corrected chi connectivity index (χ4v) is 2.13. The molecule has 3 heteroatoms. The average Bonchev–Trinajstić information content (AvgIpc) is 2.37. The maximum absolute atomic E-state index is 13.5. The van der Waals surface area contributed by atoms with Crippen molar-refractivity contribution in [1.82, 2.24) is 5.32 Å². The number of halogens is 1. The Balaban J connectivity index is 2.45. The van der Waals surface area contributed by atoms with Crippen molar-refractivity contribution in [1.29, 1.82) is 0 Å². The standard InChI is InChI=1S/C15H24FNO/c1-3-4-8-14(11-18)17-12(2)10-13-7-5-6-9-15(13)16/h5-7,9,12,14,17-18H,3-4,8,10-11H2,1-2H3/t12-,14-/m1/s1. The van der Waals surface area contributed by atoms with Crippen LogP contribution in [0.4, 0.5) is 4.39 Å². The molecule has 2 atom stereocenters. The number of nitrogens with one attached hydrogen (secondary N) is 1. The number of benzene rings is 1. The molecule has 0 bridgehead atoms. The molecule has 0 fully saturated rings. The van der Waals surface area contributed by atoms with Crippen molar-refractivity contribution >= 4 is 0 Å². The van der Waals surface area contributed by atoms with E-state index in [-0.39, 0.29) is 24.5 Å². The molecule has 18 heavy (non-hydrogen) atoms. The van der Waals surface area contributed by atoms with Crippen LogP contribution < -0.4 is 5.32 Å². The first-order valence-corrected chi connectivity index (χ1v) is 6.77. The quantitative estimate of drug-likeness (QED) is 0.746. The third-order valence-electron chi connectivity index (χ3n) is 3.13. The van der Waals surface area contributed by atoms with Gasteiger partial charge < -0.3 is 10.4 Å². The van der Waals surface area contributed by atoms with E-state index in [0.29, 0.717) is 6.42 Å². The smallest absolute Gasteiger partial charge is 0.126 e. The zero-order chi connectivity index (χ0) is 13.4. The highest BCUT2D eigenvalue weighted by Gasteiger charge is 2.12. The number of aliphatic hydroxyl groups excluding tert-OH is 1. The van der Waals surface area contributed by atoms with Gasteiger partial charge in [0.2, 0.25) is 0 Å². The van der Waals surface area contributed by atoms with E-state index in [2.05, 4.69) is 12.2 Å². The molecule has 0 aliphatic rings. The second-order valence-corrected chi connectivity index (χ2v) is 4.88. The number of hydrogen-bond acceptors (Lipinski definition) is 2. The van der Waals surface area contributed by atoms with Crippen LogP contribution in [0.15, 0.2) is 24.3 Å². The monoisotopic (exact) mass is 253 g/mol. The van der Waals surface area contributed by atoms with Crippen LogP contribution in [-0.2, 0) is 6.42 Å². The van der Waals surface area contributed by atoms with E-state index in [0.717, 1.165) is 24.8 Å². The van der Waals surface area contributed by atoms with Crippen LogP contribution in [0.3, 0.4) is 0 Å². The second kappa shape index (κ2) is 8.22. The lowest BCUT2D eigenvalue weighted by atomic mass is 10.0. The Morgan fingerprint density at radius 1 is 1.33 bits per heavy atom. The summed E-state index contributed by atoms with van der Waals surface area (Å²) in [5, 5.41) is 12.6. The summed E-state index contributed by atoms with van der Waals surface area (Å²) >= 11 is 0. The van der Waals surface area contributed by atoms with Gasteiger partial charge >= 0.3 is 0 Å². The first-order chi connectivity index (χ1) is 8.67. The van der Waals surface area contributed by atoms with Crippen molar-refractivity contribution in [3.05, 3.63) is 35.6 Å². The highest BCUT2D eigenvalue weighted by molar-refractivity contribution is 5.18. The molecule has 0 aromatic heterocycles. The molecule has 2 nitrogen and oxygen atoms in total. The molecule has 2 N–H and O–H groups in total. The largest absolute Gasteiger partial charge is 0.395 e. The molecule has 0 aliphatic heterocycles. The lowest BCUT2D eigenvalue weighted by Gasteiger charge is -2.21. The van der Waals surface area contributed by atoms with Gasteiger partial charge in [0.05, 0.1) is 6.61 Å². The molecule has 102 valence electrons. The van der Waals surface area contributed by atoms with Gasteiger partial charge in [-0.15, -0.1) is 0 Å². The zero-order valence-electron chi connectivity index (χ0n) is 11.3. The Kier molecular flexibility index (Phi) is 6.91. The summed E-state index contributed by atoms with van der Waals surface area (Å²) in [7, 11) is 0. The Hall–Kier alpha value is -0.930. The molecule has 0 saturated heterocycles. The Labute approximate surface area is 109 Å².